The van der Waals surface area contributed by atoms with Crippen molar-refractivity contribution in [1.29, 1.82) is 0 Å². The van der Waals surface area contributed by atoms with Crippen molar-refractivity contribution in [2.24, 2.45) is 5.92 Å². The van der Waals surface area contributed by atoms with Gasteiger partial charge in [-0.05, 0) is 24.1 Å². The van der Waals surface area contributed by atoms with Crippen molar-refractivity contribution in [3.8, 4) is 0 Å². The van der Waals surface area contributed by atoms with Gasteiger partial charge in [0, 0.05) is 42.8 Å². The van der Waals surface area contributed by atoms with E-state index in [-0.39, 0.29) is 11.7 Å². The Morgan fingerprint density at radius 2 is 2.17 bits per heavy atom. The zero-order valence-corrected chi connectivity index (χ0v) is 11.1. The van der Waals surface area contributed by atoms with E-state index in [1.54, 1.807) is 0 Å². The number of carbonyl (C=O) groups excluding carboxylic acids is 1. The van der Waals surface area contributed by atoms with Crippen LogP contribution in [-0.2, 0) is 6.54 Å². The van der Waals surface area contributed by atoms with Gasteiger partial charge in [-0.3, -0.25) is 9.78 Å². The van der Waals surface area contributed by atoms with Gasteiger partial charge in [-0.25, -0.2) is 0 Å². The topological polar surface area (TPSA) is 34.9 Å². The minimum atomic E-state index is 0.0430. The van der Waals surface area contributed by atoms with Crippen LogP contribution >= 0.6 is 0 Å². The molecule has 0 saturated heterocycles. The van der Waals surface area contributed by atoms with Gasteiger partial charge in [-0.15, -0.1) is 0 Å². The molecule has 2 rings (SSSR count). The lowest BCUT2D eigenvalue weighted by Crippen LogP contribution is -2.06. The Morgan fingerprint density at radius 3 is 2.83 bits per heavy atom. The van der Waals surface area contributed by atoms with Crippen molar-refractivity contribution in [3.05, 3.63) is 53.6 Å². The average Bonchev–Trinajstić information content (AvgIpc) is 2.76. The molecule has 2 aromatic rings. The first-order valence-electron chi connectivity index (χ1n) is 6.17. The Kier molecular flexibility index (Phi) is 3.60. The molecule has 18 heavy (non-hydrogen) atoms. The van der Waals surface area contributed by atoms with Crippen molar-refractivity contribution in [2.45, 2.75) is 27.3 Å². The first-order chi connectivity index (χ1) is 8.56. The summed E-state index contributed by atoms with van der Waals surface area (Å²) in [4.78, 5) is 16.0. The molecule has 0 bridgehead atoms. The van der Waals surface area contributed by atoms with Crippen LogP contribution in [0.3, 0.4) is 0 Å². The summed E-state index contributed by atoms with van der Waals surface area (Å²) in [5.41, 5.74) is 3.08. The van der Waals surface area contributed by atoms with Gasteiger partial charge < -0.3 is 4.57 Å². The van der Waals surface area contributed by atoms with Crippen LogP contribution in [-0.4, -0.2) is 15.3 Å². The monoisotopic (exact) mass is 242 g/mol. The zero-order chi connectivity index (χ0) is 13.1. The van der Waals surface area contributed by atoms with Gasteiger partial charge in [-0.2, -0.15) is 0 Å². The zero-order valence-electron chi connectivity index (χ0n) is 11.1. The molecule has 3 heteroatoms. The van der Waals surface area contributed by atoms with E-state index in [0.717, 1.165) is 23.2 Å². The summed E-state index contributed by atoms with van der Waals surface area (Å²) >= 11 is 0. The summed E-state index contributed by atoms with van der Waals surface area (Å²) in [6.45, 7) is 6.62. The van der Waals surface area contributed by atoms with E-state index in [0.29, 0.717) is 0 Å². The quantitative estimate of drug-likeness (QED) is 0.772. The number of aryl methyl sites for hydroxylation is 1. The molecular weight excluding hydrogens is 224 g/mol. The number of Topliss-reactive ketones (excluding diaryl/α,β-unsaturated/α-hetero) is 1. The molecule has 0 unspecified atom stereocenters. The van der Waals surface area contributed by atoms with Crippen molar-refractivity contribution in [1.82, 2.24) is 9.55 Å². The number of aromatic nitrogens is 2. The van der Waals surface area contributed by atoms with Crippen LogP contribution in [0.2, 0.25) is 0 Å². The summed E-state index contributed by atoms with van der Waals surface area (Å²) in [7, 11) is 0. The van der Waals surface area contributed by atoms with E-state index >= 15 is 0 Å². The van der Waals surface area contributed by atoms with Crippen LogP contribution in [0, 0.1) is 12.8 Å². The van der Waals surface area contributed by atoms with Gasteiger partial charge in [0.2, 0.25) is 0 Å². The lowest BCUT2D eigenvalue weighted by atomic mass is 10.0. The van der Waals surface area contributed by atoms with Crippen LogP contribution < -0.4 is 0 Å². The highest BCUT2D eigenvalue weighted by Gasteiger charge is 2.11. The first kappa shape index (κ1) is 12.6. The van der Waals surface area contributed by atoms with E-state index in [1.807, 2.05) is 56.2 Å². The van der Waals surface area contributed by atoms with E-state index in [1.165, 1.54) is 0 Å². The molecule has 2 aromatic heterocycles. The molecule has 0 N–H and O–H groups in total. The lowest BCUT2D eigenvalue weighted by molar-refractivity contribution is 0.0939. The molecule has 0 aliphatic carbocycles. The molecule has 0 spiro atoms. The van der Waals surface area contributed by atoms with E-state index in [9.17, 15) is 4.79 Å². The Hall–Kier alpha value is -1.90. The van der Waals surface area contributed by atoms with Gasteiger partial charge in [0.1, 0.15) is 0 Å². The van der Waals surface area contributed by atoms with Crippen LogP contribution in [0.15, 0.2) is 36.9 Å². The van der Waals surface area contributed by atoms with Gasteiger partial charge >= 0.3 is 0 Å². The van der Waals surface area contributed by atoms with Crippen molar-refractivity contribution < 1.29 is 4.79 Å². The predicted octanol–water partition coefficient (Wildman–Crippen LogP) is 3.08. The molecule has 0 aliphatic heterocycles. The fourth-order valence-corrected chi connectivity index (χ4v) is 1.93. The molecule has 94 valence electrons. The number of nitrogens with zero attached hydrogens (tertiary/aromatic N) is 2. The fourth-order valence-electron chi connectivity index (χ4n) is 1.93. The molecule has 0 radical (unpaired) electrons. The highest BCUT2D eigenvalue weighted by atomic mass is 16.1. The van der Waals surface area contributed by atoms with E-state index in [4.69, 9.17) is 0 Å². The average molecular weight is 242 g/mol. The third-order valence-electron chi connectivity index (χ3n) is 2.86. The van der Waals surface area contributed by atoms with Gasteiger partial charge in [0.25, 0.3) is 0 Å². The Morgan fingerprint density at radius 1 is 1.39 bits per heavy atom. The number of hydrogen-bond acceptors (Lipinski definition) is 2. The summed E-state index contributed by atoms with van der Waals surface area (Å²) in [6.07, 6.45) is 7.55. The molecule has 0 saturated carbocycles. The lowest BCUT2D eigenvalue weighted by Gasteiger charge is -2.04. The summed E-state index contributed by atoms with van der Waals surface area (Å²) in [5.74, 6) is 0.234. The third-order valence-corrected chi connectivity index (χ3v) is 2.86. The SMILES string of the molecule is Cc1cncc(Cn2ccc(C(=O)C(C)C)c2)c1. The smallest absolute Gasteiger partial charge is 0.166 e. The van der Waals surface area contributed by atoms with Crippen molar-refractivity contribution in [2.75, 3.05) is 0 Å². The highest BCUT2D eigenvalue weighted by molar-refractivity contribution is 5.97. The maximum Gasteiger partial charge on any atom is 0.166 e. The molecule has 0 aliphatic rings. The number of pyridine rings is 1. The third kappa shape index (κ3) is 2.86. The second kappa shape index (κ2) is 5.17. The fraction of sp³-hybridized carbons (Fsp3) is 0.333. The molecular formula is C15H18N2O. The van der Waals surface area contributed by atoms with Crippen molar-refractivity contribution >= 4 is 5.78 Å². The second-order valence-electron chi connectivity index (χ2n) is 4.96. The van der Waals surface area contributed by atoms with E-state index < -0.39 is 0 Å². The molecule has 0 fully saturated rings. The Balaban J connectivity index is 2.14. The molecule has 2 heterocycles. The number of carbonyl (C=O) groups is 1. The van der Waals surface area contributed by atoms with Crippen LogP contribution in [0.1, 0.15) is 35.3 Å². The Bertz CT molecular complexity index is 555. The van der Waals surface area contributed by atoms with Crippen molar-refractivity contribution in [3.63, 3.8) is 0 Å². The summed E-state index contributed by atoms with van der Waals surface area (Å²) in [6, 6.07) is 3.99. The normalized spacial score (nSPS) is 10.9. The molecule has 0 aromatic carbocycles. The number of rotatable bonds is 4. The summed E-state index contributed by atoms with van der Waals surface area (Å²) in [5, 5.41) is 0. The van der Waals surface area contributed by atoms with Crippen LogP contribution in [0.25, 0.3) is 0 Å². The molecule has 0 amide bonds. The molecule has 3 nitrogen and oxygen atoms in total. The van der Waals surface area contributed by atoms with Gasteiger partial charge in [-0.1, -0.05) is 19.9 Å². The standard InChI is InChI=1S/C15H18N2O/c1-11(2)15(18)14-4-5-17(10-14)9-13-6-12(3)7-16-8-13/h4-8,10-11H,9H2,1-3H3. The minimum absolute atomic E-state index is 0.0430. The summed E-state index contributed by atoms with van der Waals surface area (Å²) < 4.78 is 2.02. The van der Waals surface area contributed by atoms with Gasteiger partial charge in [0.15, 0.2) is 5.78 Å². The largest absolute Gasteiger partial charge is 0.349 e. The maximum atomic E-state index is 11.8. The number of ketones is 1. The van der Waals surface area contributed by atoms with Gasteiger partial charge in [0.05, 0.1) is 0 Å². The second-order valence-corrected chi connectivity index (χ2v) is 4.96. The minimum Gasteiger partial charge on any atom is -0.349 e. The predicted molar refractivity (Wildman–Crippen MR) is 71.7 cm³/mol. The van der Waals surface area contributed by atoms with E-state index in [2.05, 4.69) is 11.1 Å². The Labute approximate surface area is 107 Å². The maximum absolute atomic E-state index is 11.8. The van der Waals surface area contributed by atoms with Crippen LogP contribution in [0.4, 0.5) is 0 Å². The number of hydrogen-bond donors (Lipinski definition) is 0. The van der Waals surface area contributed by atoms with Crippen LogP contribution in [0.5, 0.6) is 0 Å². The first-order valence-corrected chi connectivity index (χ1v) is 6.17. The molecule has 0 atom stereocenters. The highest BCUT2D eigenvalue weighted by Crippen LogP contribution is 2.11.